The van der Waals surface area contributed by atoms with E-state index in [2.05, 4.69) is 0 Å². The fraction of sp³-hybridized carbons (Fsp3) is 0.385. The number of rotatable bonds is 3. The van der Waals surface area contributed by atoms with E-state index >= 15 is 0 Å². The lowest BCUT2D eigenvalue weighted by Gasteiger charge is -2.09. The van der Waals surface area contributed by atoms with Crippen molar-refractivity contribution in [3.8, 4) is 0 Å². The van der Waals surface area contributed by atoms with Crippen LogP contribution in [0.15, 0.2) is 18.2 Å². The van der Waals surface area contributed by atoms with Crippen molar-refractivity contribution >= 4 is 11.6 Å². The molecule has 0 radical (unpaired) electrons. The lowest BCUT2D eigenvalue weighted by molar-refractivity contribution is 0.0927. The van der Waals surface area contributed by atoms with E-state index in [4.69, 9.17) is 0 Å². The summed E-state index contributed by atoms with van der Waals surface area (Å²) in [5.74, 6) is -0.103. The first-order chi connectivity index (χ1) is 6.93. The maximum absolute atomic E-state index is 11.8. The highest BCUT2D eigenvalue weighted by molar-refractivity contribution is 6.08. The van der Waals surface area contributed by atoms with E-state index in [1.165, 1.54) is 6.92 Å². The molecule has 0 spiro atoms. The van der Waals surface area contributed by atoms with Gasteiger partial charge in [-0.1, -0.05) is 31.5 Å². The number of hydrogen-bond acceptors (Lipinski definition) is 2. The molecule has 1 rings (SSSR count). The molecular weight excluding hydrogens is 188 g/mol. The maximum atomic E-state index is 11.8. The molecule has 0 atom stereocenters. The van der Waals surface area contributed by atoms with Gasteiger partial charge in [-0.25, -0.2) is 0 Å². The van der Waals surface area contributed by atoms with Crippen molar-refractivity contribution in [3.05, 3.63) is 34.9 Å². The van der Waals surface area contributed by atoms with E-state index in [1.807, 2.05) is 26.8 Å². The van der Waals surface area contributed by atoms with Gasteiger partial charge in [-0.15, -0.1) is 0 Å². The SMILES string of the molecule is CC(=O)c1cc(C)ccc1C(=O)C(C)C. The minimum atomic E-state index is -0.0780. The molecule has 0 aliphatic carbocycles. The zero-order valence-corrected chi connectivity index (χ0v) is 9.63. The fourth-order valence-electron chi connectivity index (χ4n) is 1.48. The van der Waals surface area contributed by atoms with Gasteiger partial charge in [0.1, 0.15) is 0 Å². The van der Waals surface area contributed by atoms with Crippen LogP contribution in [0.25, 0.3) is 0 Å². The van der Waals surface area contributed by atoms with E-state index in [0.29, 0.717) is 11.1 Å². The summed E-state index contributed by atoms with van der Waals surface area (Å²) in [4.78, 5) is 23.2. The van der Waals surface area contributed by atoms with Gasteiger partial charge in [-0.05, 0) is 19.9 Å². The molecule has 0 saturated heterocycles. The van der Waals surface area contributed by atoms with Crippen LogP contribution in [-0.4, -0.2) is 11.6 Å². The summed E-state index contributed by atoms with van der Waals surface area (Å²) in [5, 5.41) is 0. The first kappa shape index (κ1) is 11.6. The largest absolute Gasteiger partial charge is 0.294 e. The summed E-state index contributed by atoms with van der Waals surface area (Å²) in [6.07, 6.45) is 0. The molecule has 2 heteroatoms. The summed E-state index contributed by atoms with van der Waals surface area (Å²) in [7, 11) is 0. The van der Waals surface area contributed by atoms with Crippen LogP contribution < -0.4 is 0 Å². The normalized spacial score (nSPS) is 10.5. The van der Waals surface area contributed by atoms with Crippen LogP contribution in [0.2, 0.25) is 0 Å². The second-order valence-electron chi connectivity index (χ2n) is 4.12. The first-order valence-electron chi connectivity index (χ1n) is 5.09. The Morgan fingerprint density at radius 2 is 1.73 bits per heavy atom. The second-order valence-corrected chi connectivity index (χ2v) is 4.12. The monoisotopic (exact) mass is 204 g/mol. The molecule has 0 aromatic heterocycles. The Hall–Kier alpha value is -1.44. The predicted molar refractivity (Wildman–Crippen MR) is 60.4 cm³/mol. The Morgan fingerprint density at radius 3 is 2.20 bits per heavy atom. The molecule has 80 valence electrons. The van der Waals surface area contributed by atoms with Crippen molar-refractivity contribution in [1.29, 1.82) is 0 Å². The molecule has 1 aromatic carbocycles. The van der Waals surface area contributed by atoms with Gasteiger partial charge < -0.3 is 0 Å². The van der Waals surface area contributed by atoms with Crippen LogP contribution in [0.3, 0.4) is 0 Å². The standard InChI is InChI=1S/C13H16O2/c1-8(2)13(15)11-6-5-9(3)7-12(11)10(4)14/h5-8H,1-4H3. The second kappa shape index (κ2) is 4.39. The van der Waals surface area contributed by atoms with E-state index in [0.717, 1.165) is 5.56 Å². The molecule has 0 bridgehead atoms. The van der Waals surface area contributed by atoms with Crippen LogP contribution in [-0.2, 0) is 0 Å². The highest BCUT2D eigenvalue weighted by atomic mass is 16.1. The van der Waals surface area contributed by atoms with Crippen molar-refractivity contribution in [3.63, 3.8) is 0 Å². The number of ketones is 2. The highest BCUT2D eigenvalue weighted by Gasteiger charge is 2.16. The number of Topliss-reactive ketones (excluding diaryl/α,β-unsaturated/α-hetero) is 2. The molecule has 0 heterocycles. The number of carbonyl (C=O) groups excluding carboxylic acids is 2. The van der Waals surface area contributed by atoms with Gasteiger partial charge in [0.15, 0.2) is 11.6 Å². The van der Waals surface area contributed by atoms with Gasteiger partial charge >= 0.3 is 0 Å². The van der Waals surface area contributed by atoms with Gasteiger partial charge in [0.25, 0.3) is 0 Å². The topological polar surface area (TPSA) is 34.1 Å². The van der Waals surface area contributed by atoms with Gasteiger partial charge in [-0.3, -0.25) is 9.59 Å². The maximum Gasteiger partial charge on any atom is 0.166 e. The van der Waals surface area contributed by atoms with Crippen molar-refractivity contribution in [2.75, 3.05) is 0 Å². The molecule has 0 aliphatic heterocycles. The Bertz CT molecular complexity index is 403. The lowest BCUT2D eigenvalue weighted by Crippen LogP contribution is -2.12. The molecule has 0 amide bonds. The lowest BCUT2D eigenvalue weighted by atomic mass is 9.93. The van der Waals surface area contributed by atoms with Crippen LogP contribution in [0.4, 0.5) is 0 Å². The number of aryl methyl sites for hydroxylation is 1. The number of hydrogen-bond donors (Lipinski definition) is 0. The summed E-state index contributed by atoms with van der Waals surface area (Å²) < 4.78 is 0. The van der Waals surface area contributed by atoms with Gasteiger partial charge in [0.2, 0.25) is 0 Å². The molecule has 0 fully saturated rings. The van der Waals surface area contributed by atoms with Crippen molar-refractivity contribution in [2.45, 2.75) is 27.7 Å². The molecule has 1 aromatic rings. The van der Waals surface area contributed by atoms with Crippen molar-refractivity contribution in [1.82, 2.24) is 0 Å². The van der Waals surface area contributed by atoms with Crippen molar-refractivity contribution in [2.24, 2.45) is 5.92 Å². The molecule has 2 nitrogen and oxygen atoms in total. The van der Waals surface area contributed by atoms with Crippen LogP contribution >= 0.6 is 0 Å². The molecular formula is C13H16O2. The summed E-state index contributed by atoms with van der Waals surface area (Å²) in [5.41, 5.74) is 2.08. The summed E-state index contributed by atoms with van der Waals surface area (Å²) in [6.45, 7) is 7.08. The van der Waals surface area contributed by atoms with Gasteiger partial charge in [-0.2, -0.15) is 0 Å². The van der Waals surface area contributed by atoms with E-state index in [9.17, 15) is 9.59 Å². The average molecular weight is 204 g/mol. The minimum absolute atomic E-state index is 0.0280. The molecule has 0 unspecified atom stereocenters. The Kier molecular flexibility index (Phi) is 3.40. The zero-order chi connectivity index (χ0) is 11.6. The van der Waals surface area contributed by atoms with Gasteiger partial charge in [0, 0.05) is 17.0 Å². The number of carbonyl (C=O) groups is 2. The van der Waals surface area contributed by atoms with E-state index in [-0.39, 0.29) is 17.5 Å². The van der Waals surface area contributed by atoms with Gasteiger partial charge in [0.05, 0.1) is 0 Å². The zero-order valence-electron chi connectivity index (χ0n) is 9.63. The predicted octanol–water partition coefficient (Wildman–Crippen LogP) is 3.04. The van der Waals surface area contributed by atoms with Crippen LogP contribution in [0.5, 0.6) is 0 Å². The first-order valence-corrected chi connectivity index (χ1v) is 5.09. The Labute approximate surface area is 90.3 Å². The Balaban J connectivity index is 3.29. The average Bonchev–Trinajstić information content (AvgIpc) is 2.16. The van der Waals surface area contributed by atoms with Crippen molar-refractivity contribution < 1.29 is 9.59 Å². The third-order valence-corrected chi connectivity index (χ3v) is 2.34. The molecule has 15 heavy (non-hydrogen) atoms. The smallest absolute Gasteiger partial charge is 0.166 e. The molecule has 0 aliphatic rings. The third-order valence-electron chi connectivity index (χ3n) is 2.34. The summed E-state index contributed by atoms with van der Waals surface area (Å²) >= 11 is 0. The molecule has 0 N–H and O–H groups in total. The molecule has 0 saturated carbocycles. The van der Waals surface area contributed by atoms with E-state index < -0.39 is 0 Å². The van der Waals surface area contributed by atoms with Crippen LogP contribution in [0, 0.1) is 12.8 Å². The van der Waals surface area contributed by atoms with E-state index in [1.54, 1.807) is 12.1 Å². The number of benzene rings is 1. The quantitative estimate of drug-likeness (QED) is 0.709. The Morgan fingerprint density at radius 1 is 1.13 bits per heavy atom. The fourth-order valence-corrected chi connectivity index (χ4v) is 1.48. The highest BCUT2D eigenvalue weighted by Crippen LogP contribution is 2.16. The third kappa shape index (κ3) is 2.52. The minimum Gasteiger partial charge on any atom is -0.294 e. The summed E-state index contributed by atoms with van der Waals surface area (Å²) in [6, 6.07) is 5.38. The van der Waals surface area contributed by atoms with Crippen LogP contribution in [0.1, 0.15) is 47.1 Å².